The van der Waals surface area contributed by atoms with E-state index in [1.807, 2.05) is 110 Å². The van der Waals surface area contributed by atoms with Crippen LogP contribution in [-0.4, -0.2) is 95.6 Å². The van der Waals surface area contributed by atoms with Gasteiger partial charge in [0.1, 0.15) is 35.5 Å². The van der Waals surface area contributed by atoms with Crippen LogP contribution in [-0.2, 0) is 46.4 Å². The van der Waals surface area contributed by atoms with Crippen molar-refractivity contribution < 1.29 is 47.4 Å². The van der Waals surface area contributed by atoms with Gasteiger partial charge in [-0.3, -0.25) is 30.1 Å². The minimum atomic E-state index is -1.85. The number of hydrogen-bond donors (Lipinski definition) is 1. The molecule has 0 aliphatic carbocycles. The first kappa shape index (κ1) is 51.9. The van der Waals surface area contributed by atoms with Crippen LogP contribution in [0.1, 0.15) is 47.9 Å². The molecule has 20 heteroatoms. The third-order valence-electron chi connectivity index (χ3n) is 11.9. The Morgan fingerprint density at radius 2 is 1.34 bits per heavy atom. The summed E-state index contributed by atoms with van der Waals surface area (Å²) in [5, 5.41) is 24.8. The molecule has 1 aromatic heterocycles. The molecule has 1 unspecified atom stereocenters. The lowest BCUT2D eigenvalue weighted by Crippen LogP contribution is -2.42. The van der Waals surface area contributed by atoms with E-state index >= 15 is 0 Å². The fraction of sp³-hybridized carbons (Fsp3) is 0.314. The Labute approximate surface area is 411 Å². The summed E-state index contributed by atoms with van der Waals surface area (Å²) in [6.07, 6.45) is -2.60. The molecule has 19 nitrogen and oxygen atoms in total. The molecule has 71 heavy (non-hydrogen) atoms. The van der Waals surface area contributed by atoms with Crippen LogP contribution in [0.2, 0.25) is 0 Å². The van der Waals surface area contributed by atoms with Gasteiger partial charge >= 0.3 is 11.8 Å². The molecule has 1 saturated heterocycles. The molecule has 7 rings (SSSR count). The third-order valence-corrected chi connectivity index (χ3v) is 13.7. The predicted molar refractivity (Wildman–Crippen MR) is 264 cm³/mol. The second-order valence-corrected chi connectivity index (χ2v) is 18.2. The minimum absolute atomic E-state index is 0.0125. The zero-order chi connectivity index (χ0) is 50.5. The largest absolute Gasteiger partial charge is 0.497 e. The maximum absolute atomic E-state index is 14.0. The quantitative estimate of drug-likeness (QED) is 0.0274. The van der Waals surface area contributed by atoms with Crippen molar-refractivity contribution in [3.8, 4) is 5.75 Å². The van der Waals surface area contributed by atoms with Gasteiger partial charge in [-0.2, -0.15) is 4.98 Å². The smallest absolute Gasteiger partial charge is 0.412 e. The molecule has 2 heterocycles. The molecule has 1 amide bonds. The average molecular weight is 991 g/mol. The van der Waals surface area contributed by atoms with Gasteiger partial charge < -0.3 is 32.7 Å². The SMILES string of the molecule is COc1ccc(C(OC[C@H]2O[C@@H](n3ccc(NC(=O)OCCc4ccc([N+](=O)[O-])cc4)nc3=O)[C@H](OC)[C@@H]2OP(OCCc2ccc([N+](=O)[O-])cc2)N(C)C(C)C)(c2ccccc2)c2ccccc2)cc1. The average Bonchev–Trinajstić information content (AvgIpc) is 3.73. The third kappa shape index (κ3) is 12.7. The summed E-state index contributed by atoms with van der Waals surface area (Å²) in [7, 11) is 3.12. The van der Waals surface area contributed by atoms with Crippen LogP contribution in [0.3, 0.4) is 0 Å². The van der Waals surface area contributed by atoms with Crippen molar-refractivity contribution in [1.29, 1.82) is 0 Å². The molecule has 5 atom stereocenters. The highest BCUT2D eigenvalue weighted by Gasteiger charge is 2.51. The second kappa shape index (κ2) is 24.2. The Kier molecular flexibility index (Phi) is 17.7. The number of non-ortho nitro benzene ring substituents is 2. The van der Waals surface area contributed by atoms with E-state index in [9.17, 15) is 29.8 Å². The van der Waals surface area contributed by atoms with Gasteiger partial charge in [0, 0.05) is 50.0 Å². The van der Waals surface area contributed by atoms with Gasteiger partial charge in [0.05, 0.1) is 36.8 Å². The molecule has 1 N–H and O–H groups in total. The van der Waals surface area contributed by atoms with Crippen LogP contribution in [0.5, 0.6) is 5.75 Å². The Bertz CT molecular complexity index is 2710. The molecule has 1 fully saturated rings. The standard InChI is InChI=1S/C51H55N6O13P/c1-35(2)54(3)71(68-33-30-37-18-24-42(25-19-37)57(62)63)70-46-44(34-67-51(38-12-8-6-9-13-38,39-14-10-7-11-15-39)40-20-26-43(64-4)27-21-40)69-48(47(46)65-5)55-31-28-45(52-49(55)58)53-50(59)66-32-29-36-16-22-41(23-17-36)56(60)61/h6-28,31,35,44,46-48H,29-30,32-34H2,1-5H3,(H,52,53,58,59)/t44-,46-,47-,48-,71?/m1/s1. The molecule has 0 radical (unpaired) electrons. The number of carbonyl (C=O) groups excluding carboxylic acids is 1. The molecule has 1 aliphatic rings. The number of benzene rings is 5. The number of anilines is 1. The van der Waals surface area contributed by atoms with E-state index < -0.39 is 60.3 Å². The Hall–Kier alpha value is -6.96. The molecule has 5 aromatic carbocycles. The van der Waals surface area contributed by atoms with E-state index in [-0.39, 0.29) is 43.1 Å². The van der Waals surface area contributed by atoms with Crippen LogP contribution in [0, 0.1) is 20.2 Å². The van der Waals surface area contributed by atoms with Gasteiger partial charge in [0.15, 0.2) is 6.23 Å². The van der Waals surface area contributed by atoms with Gasteiger partial charge in [-0.25, -0.2) is 14.3 Å². The number of aromatic nitrogens is 2. The minimum Gasteiger partial charge on any atom is -0.497 e. The van der Waals surface area contributed by atoms with Crippen LogP contribution < -0.4 is 15.7 Å². The maximum atomic E-state index is 14.0. The predicted octanol–water partition coefficient (Wildman–Crippen LogP) is 8.99. The molecule has 0 saturated carbocycles. The fourth-order valence-corrected chi connectivity index (χ4v) is 9.43. The van der Waals surface area contributed by atoms with Gasteiger partial charge in [-0.15, -0.1) is 0 Å². The highest BCUT2D eigenvalue weighted by molar-refractivity contribution is 7.44. The molecule has 0 spiro atoms. The summed E-state index contributed by atoms with van der Waals surface area (Å²) in [5.41, 5.74) is 1.98. The molecular weight excluding hydrogens is 936 g/mol. The molecular formula is C51H55N6O13P. The highest BCUT2D eigenvalue weighted by atomic mass is 31.2. The van der Waals surface area contributed by atoms with Crippen LogP contribution in [0.25, 0.3) is 0 Å². The lowest BCUT2D eigenvalue weighted by molar-refractivity contribution is -0.385. The number of hydrogen-bond acceptors (Lipinski definition) is 15. The van der Waals surface area contributed by atoms with E-state index in [4.69, 9.17) is 32.7 Å². The van der Waals surface area contributed by atoms with E-state index in [0.29, 0.717) is 18.6 Å². The summed E-state index contributed by atoms with van der Waals surface area (Å²) in [5.74, 6) is 0.583. The van der Waals surface area contributed by atoms with Gasteiger partial charge in [-0.1, -0.05) is 97.1 Å². The molecule has 1 aliphatic heterocycles. The van der Waals surface area contributed by atoms with E-state index in [0.717, 1.165) is 27.8 Å². The van der Waals surface area contributed by atoms with Crippen LogP contribution >= 0.6 is 8.53 Å². The normalized spacial score (nSPS) is 17.2. The Morgan fingerprint density at radius 1 is 0.789 bits per heavy atom. The first-order valence-electron chi connectivity index (χ1n) is 22.7. The van der Waals surface area contributed by atoms with E-state index in [2.05, 4.69) is 10.3 Å². The molecule has 6 aromatic rings. The number of nitrogens with zero attached hydrogens (tertiary/aromatic N) is 5. The Morgan fingerprint density at radius 3 is 1.85 bits per heavy atom. The first-order chi connectivity index (χ1) is 34.3. The monoisotopic (exact) mass is 990 g/mol. The van der Waals surface area contributed by atoms with Crippen molar-refractivity contribution in [3.63, 3.8) is 0 Å². The summed E-state index contributed by atoms with van der Waals surface area (Å²) in [6.45, 7) is 4.07. The van der Waals surface area contributed by atoms with Crippen molar-refractivity contribution in [2.75, 3.05) is 46.4 Å². The summed E-state index contributed by atoms with van der Waals surface area (Å²) < 4.78 is 47.9. The van der Waals surface area contributed by atoms with Gasteiger partial charge in [0.2, 0.25) is 0 Å². The number of carbonyl (C=O) groups is 1. The number of methoxy groups -OCH3 is 2. The number of rotatable bonds is 23. The van der Waals surface area contributed by atoms with E-state index in [1.165, 1.54) is 48.2 Å². The van der Waals surface area contributed by atoms with Crippen LogP contribution in [0.4, 0.5) is 22.0 Å². The zero-order valence-electron chi connectivity index (χ0n) is 39.8. The number of nitro groups is 2. The lowest BCUT2D eigenvalue weighted by atomic mass is 9.80. The summed E-state index contributed by atoms with van der Waals surface area (Å²) >= 11 is 0. The van der Waals surface area contributed by atoms with Crippen LogP contribution in [0.15, 0.2) is 151 Å². The summed E-state index contributed by atoms with van der Waals surface area (Å²) in [4.78, 5) is 52.2. The lowest BCUT2D eigenvalue weighted by Gasteiger charge is -2.38. The van der Waals surface area contributed by atoms with Crippen molar-refractivity contribution >= 4 is 31.8 Å². The second-order valence-electron chi connectivity index (χ2n) is 16.6. The summed E-state index contributed by atoms with van der Waals surface area (Å²) in [6, 6.07) is 40.8. The molecule has 372 valence electrons. The highest BCUT2D eigenvalue weighted by Crippen LogP contribution is 2.49. The van der Waals surface area contributed by atoms with Crippen molar-refractivity contribution in [2.45, 2.75) is 62.9 Å². The van der Waals surface area contributed by atoms with Crippen molar-refractivity contribution in [2.24, 2.45) is 0 Å². The number of ether oxygens (including phenoxy) is 5. The number of amides is 1. The number of nitro benzene ring substituents is 2. The van der Waals surface area contributed by atoms with Crippen molar-refractivity contribution in [3.05, 3.63) is 204 Å². The first-order valence-corrected chi connectivity index (χ1v) is 23.8. The van der Waals surface area contributed by atoms with Crippen molar-refractivity contribution in [1.82, 2.24) is 14.2 Å². The fourth-order valence-electron chi connectivity index (χ4n) is 7.95. The van der Waals surface area contributed by atoms with E-state index in [1.54, 1.807) is 31.4 Å². The topological polar surface area (TPSA) is 218 Å². The Balaban J connectivity index is 1.18. The maximum Gasteiger partial charge on any atom is 0.412 e. The van der Waals surface area contributed by atoms with Gasteiger partial charge in [-0.05, 0) is 73.3 Å². The number of nitrogens with one attached hydrogen (secondary N) is 1. The van der Waals surface area contributed by atoms with Gasteiger partial charge in [0.25, 0.3) is 19.9 Å². The zero-order valence-corrected chi connectivity index (χ0v) is 40.7. The molecule has 0 bridgehead atoms.